The topological polar surface area (TPSA) is 64.1 Å². The molecule has 0 amide bonds. The van der Waals surface area contributed by atoms with E-state index in [1.807, 2.05) is 0 Å². The van der Waals surface area contributed by atoms with Crippen molar-refractivity contribution in [1.29, 1.82) is 0 Å². The molecule has 1 heterocycles. The second-order valence-electron chi connectivity index (χ2n) is 4.56. The molecule has 104 valence electrons. The van der Waals surface area contributed by atoms with E-state index in [-0.39, 0.29) is 29.0 Å². The van der Waals surface area contributed by atoms with Crippen molar-refractivity contribution >= 4 is 23.4 Å². The lowest BCUT2D eigenvalue weighted by Crippen LogP contribution is -2.32. The van der Waals surface area contributed by atoms with Crippen LogP contribution >= 0.6 is 11.6 Å². The molecule has 5 nitrogen and oxygen atoms in total. The second kappa shape index (κ2) is 6.14. The molecule has 1 aliphatic carbocycles. The van der Waals surface area contributed by atoms with Crippen molar-refractivity contribution in [2.45, 2.75) is 31.7 Å². The van der Waals surface area contributed by atoms with Gasteiger partial charge < -0.3 is 10.1 Å². The molecule has 1 saturated carbocycles. The van der Waals surface area contributed by atoms with E-state index in [0.29, 0.717) is 6.42 Å². The van der Waals surface area contributed by atoms with Gasteiger partial charge in [-0.1, -0.05) is 6.42 Å². The molecule has 0 radical (unpaired) electrons. The first-order valence-electron chi connectivity index (χ1n) is 6.12. The van der Waals surface area contributed by atoms with Crippen molar-refractivity contribution in [3.63, 3.8) is 0 Å². The second-order valence-corrected chi connectivity index (χ2v) is 4.90. The summed E-state index contributed by atoms with van der Waals surface area (Å²) < 4.78 is 18.3. The molecule has 7 heteroatoms. The minimum Gasteiger partial charge on any atom is -0.469 e. The van der Waals surface area contributed by atoms with Crippen molar-refractivity contribution in [1.82, 2.24) is 9.97 Å². The molecule has 0 spiro atoms. The zero-order valence-electron chi connectivity index (χ0n) is 10.5. The van der Waals surface area contributed by atoms with Gasteiger partial charge in [-0.15, -0.1) is 0 Å². The van der Waals surface area contributed by atoms with E-state index < -0.39 is 5.82 Å². The molecule has 19 heavy (non-hydrogen) atoms. The van der Waals surface area contributed by atoms with E-state index in [1.54, 1.807) is 0 Å². The fourth-order valence-electron chi connectivity index (χ4n) is 2.34. The Morgan fingerprint density at radius 2 is 2.37 bits per heavy atom. The summed E-state index contributed by atoms with van der Waals surface area (Å²) in [5, 5.41) is 2.97. The van der Waals surface area contributed by atoms with Gasteiger partial charge in [0.15, 0.2) is 11.6 Å². The summed E-state index contributed by atoms with van der Waals surface area (Å²) in [6.45, 7) is 0. The highest BCUT2D eigenvalue weighted by Crippen LogP contribution is 2.27. The van der Waals surface area contributed by atoms with Gasteiger partial charge in [0.2, 0.25) is 5.28 Å². The molecule has 1 aliphatic rings. The number of aromatic nitrogens is 2. The first-order valence-corrected chi connectivity index (χ1v) is 6.50. The molecule has 0 saturated heterocycles. The van der Waals surface area contributed by atoms with Crippen LogP contribution < -0.4 is 5.32 Å². The van der Waals surface area contributed by atoms with Crippen LogP contribution in [0.4, 0.5) is 10.2 Å². The van der Waals surface area contributed by atoms with Crippen molar-refractivity contribution in [3.8, 4) is 0 Å². The number of halogens is 2. The molecule has 2 atom stereocenters. The largest absolute Gasteiger partial charge is 0.469 e. The Morgan fingerprint density at radius 1 is 1.58 bits per heavy atom. The zero-order valence-corrected chi connectivity index (χ0v) is 11.3. The number of ether oxygens (including phenoxy) is 1. The molecule has 0 aromatic carbocycles. The number of anilines is 1. The van der Waals surface area contributed by atoms with E-state index in [9.17, 15) is 9.18 Å². The minimum atomic E-state index is -0.551. The number of esters is 1. The number of carbonyl (C=O) groups is 1. The van der Waals surface area contributed by atoms with Gasteiger partial charge in [-0.2, -0.15) is 4.98 Å². The fraction of sp³-hybridized carbons (Fsp3) is 0.583. The quantitative estimate of drug-likeness (QED) is 0.683. The molecule has 1 aromatic rings. The Hall–Kier alpha value is -1.43. The van der Waals surface area contributed by atoms with E-state index in [0.717, 1.165) is 25.5 Å². The number of carbonyl (C=O) groups excluding carboxylic acids is 1. The van der Waals surface area contributed by atoms with Crippen molar-refractivity contribution in [2.24, 2.45) is 5.92 Å². The van der Waals surface area contributed by atoms with Crippen molar-refractivity contribution in [2.75, 3.05) is 12.4 Å². The number of methoxy groups -OCH3 is 1. The molecule has 1 fully saturated rings. The Balaban J connectivity index is 2.02. The molecule has 0 bridgehead atoms. The highest BCUT2D eigenvalue weighted by atomic mass is 35.5. The van der Waals surface area contributed by atoms with Crippen LogP contribution in [0.15, 0.2) is 6.20 Å². The van der Waals surface area contributed by atoms with Crippen LogP contribution in [0.1, 0.15) is 25.7 Å². The van der Waals surface area contributed by atoms with Gasteiger partial charge in [-0.05, 0) is 30.9 Å². The van der Waals surface area contributed by atoms with Gasteiger partial charge in [0, 0.05) is 6.04 Å². The maximum atomic E-state index is 13.5. The predicted octanol–water partition coefficient (Wildman–Crippen LogP) is 2.41. The predicted molar refractivity (Wildman–Crippen MR) is 68.4 cm³/mol. The zero-order chi connectivity index (χ0) is 13.8. The molecule has 0 aliphatic heterocycles. The fourth-order valence-corrected chi connectivity index (χ4v) is 2.48. The van der Waals surface area contributed by atoms with Gasteiger partial charge >= 0.3 is 5.97 Å². The van der Waals surface area contributed by atoms with Gasteiger partial charge in [0.25, 0.3) is 0 Å². The van der Waals surface area contributed by atoms with E-state index in [1.165, 1.54) is 7.11 Å². The summed E-state index contributed by atoms with van der Waals surface area (Å²) in [7, 11) is 1.38. The summed E-state index contributed by atoms with van der Waals surface area (Å²) in [6, 6.07) is -0.0154. The smallest absolute Gasteiger partial charge is 0.308 e. The number of hydrogen-bond donors (Lipinski definition) is 1. The van der Waals surface area contributed by atoms with E-state index in [4.69, 9.17) is 16.3 Å². The molecule has 1 unspecified atom stereocenters. The van der Waals surface area contributed by atoms with Crippen LogP contribution in [0.5, 0.6) is 0 Å². The Morgan fingerprint density at radius 3 is 3.11 bits per heavy atom. The summed E-state index contributed by atoms with van der Waals surface area (Å²) in [6.07, 6.45) is 4.18. The van der Waals surface area contributed by atoms with E-state index >= 15 is 0 Å². The normalized spacial score (nSPS) is 22.9. The third-order valence-electron chi connectivity index (χ3n) is 3.26. The average Bonchev–Trinajstić information content (AvgIpc) is 2.42. The summed E-state index contributed by atoms with van der Waals surface area (Å²) in [4.78, 5) is 18.9. The first kappa shape index (κ1) is 14.0. The third kappa shape index (κ3) is 3.53. The molecular formula is C12H15ClFN3O2. The first-order chi connectivity index (χ1) is 9.10. The summed E-state index contributed by atoms with van der Waals surface area (Å²) >= 11 is 5.63. The Bertz CT molecular complexity index is 472. The lowest BCUT2D eigenvalue weighted by Gasteiger charge is -2.28. The Labute approximate surface area is 115 Å². The van der Waals surface area contributed by atoms with Crippen LogP contribution in [-0.2, 0) is 9.53 Å². The van der Waals surface area contributed by atoms with Gasteiger partial charge in [-0.3, -0.25) is 4.79 Å². The third-order valence-corrected chi connectivity index (χ3v) is 3.45. The molecule has 1 N–H and O–H groups in total. The van der Waals surface area contributed by atoms with Gasteiger partial charge in [-0.25, -0.2) is 9.37 Å². The molecule has 2 rings (SSSR count). The lowest BCUT2D eigenvalue weighted by atomic mass is 9.86. The van der Waals surface area contributed by atoms with Crippen molar-refractivity contribution < 1.29 is 13.9 Å². The maximum Gasteiger partial charge on any atom is 0.308 e. The van der Waals surface area contributed by atoms with E-state index in [2.05, 4.69) is 15.3 Å². The minimum absolute atomic E-state index is 0.00997. The van der Waals surface area contributed by atoms with Crippen LogP contribution in [0.3, 0.4) is 0 Å². The number of rotatable bonds is 3. The monoisotopic (exact) mass is 287 g/mol. The highest BCUT2D eigenvalue weighted by molar-refractivity contribution is 6.28. The Kier molecular flexibility index (Phi) is 4.52. The highest BCUT2D eigenvalue weighted by Gasteiger charge is 2.28. The summed E-state index contributed by atoms with van der Waals surface area (Å²) in [5.41, 5.74) is 0. The average molecular weight is 288 g/mol. The molecule has 1 aromatic heterocycles. The number of nitrogens with zero attached hydrogens (tertiary/aromatic N) is 2. The van der Waals surface area contributed by atoms with Crippen LogP contribution in [-0.4, -0.2) is 29.1 Å². The van der Waals surface area contributed by atoms with Gasteiger partial charge in [0.1, 0.15) is 0 Å². The SMILES string of the molecule is COC(=O)C1CCC[C@H](Nc2nc(Cl)ncc2F)C1. The van der Waals surface area contributed by atoms with Crippen LogP contribution in [0, 0.1) is 11.7 Å². The summed E-state index contributed by atoms with van der Waals surface area (Å²) in [5.74, 6) is -0.829. The number of nitrogens with one attached hydrogen (secondary N) is 1. The maximum absolute atomic E-state index is 13.5. The lowest BCUT2D eigenvalue weighted by molar-refractivity contribution is -0.146. The number of hydrogen-bond acceptors (Lipinski definition) is 5. The van der Waals surface area contributed by atoms with Crippen LogP contribution in [0.25, 0.3) is 0 Å². The molecular weight excluding hydrogens is 273 g/mol. The van der Waals surface area contributed by atoms with Crippen molar-refractivity contribution in [3.05, 3.63) is 17.3 Å². The standard InChI is InChI=1S/C12H15ClFN3O2/c1-19-11(18)7-3-2-4-8(5-7)16-10-9(14)6-15-12(13)17-10/h6-8H,2-5H2,1H3,(H,15,16,17)/t7?,8-/m0/s1. The van der Waals surface area contributed by atoms with Crippen LogP contribution in [0.2, 0.25) is 5.28 Å². The van der Waals surface area contributed by atoms with Gasteiger partial charge in [0.05, 0.1) is 19.2 Å².